The van der Waals surface area contributed by atoms with Crippen LogP contribution in [0.25, 0.3) is 0 Å². The quantitative estimate of drug-likeness (QED) is 0.643. The zero-order valence-electron chi connectivity index (χ0n) is 18.4. The van der Waals surface area contributed by atoms with Crippen LogP contribution in [0.4, 0.5) is 15.8 Å². The number of carbonyl (C=O) groups excluding carboxylic acids is 1. The number of nitrogens with one attached hydrogen (secondary N) is 2. The summed E-state index contributed by atoms with van der Waals surface area (Å²) in [7, 11) is -3.70. The van der Waals surface area contributed by atoms with Gasteiger partial charge in [-0.3, -0.25) is 14.5 Å². The number of amidine groups is 1. The van der Waals surface area contributed by atoms with Gasteiger partial charge in [0.25, 0.3) is 10.0 Å². The molecule has 33 heavy (non-hydrogen) atoms. The Kier molecular flexibility index (Phi) is 6.94. The van der Waals surface area contributed by atoms with E-state index in [4.69, 9.17) is 4.74 Å². The highest BCUT2D eigenvalue weighted by molar-refractivity contribution is 7.90. The maximum Gasteiger partial charge on any atom is 0.263 e. The summed E-state index contributed by atoms with van der Waals surface area (Å²) >= 11 is 0. The van der Waals surface area contributed by atoms with Crippen molar-refractivity contribution in [2.75, 3.05) is 36.5 Å². The Bertz CT molecular complexity index is 1160. The Labute approximate surface area is 192 Å². The molecule has 1 unspecified atom stereocenters. The Morgan fingerprint density at radius 1 is 1.24 bits per heavy atom. The van der Waals surface area contributed by atoms with Crippen LogP contribution < -0.4 is 14.9 Å². The minimum absolute atomic E-state index is 0.138. The third-order valence-electron chi connectivity index (χ3n) is 5.65. The minimum atomic E-state index is -3.70. The number of carbonyl (C=O) groups is 1. The molecule has 0 aromatic heterocycles. The SMILES string of the molecule is CCCCC(N=C1NS(=O)(=O)c2ccccc21)C(=O)Nc1ccc(N2CCOCC2)c(F)c1. The number of hydrogen-bond donors (Lipinski definition) is 2. The van der Waals surface area contributed by atoms with Crippen molar-refractivity contribution >= 4 is 33.1 Å². The molecule has 2 aromatic carbocycles. The van der Waals surface area contributed by atoms with E-state index in [9.17, 15) is 17.6 Å². The molecular formula is C23H27FN4O4S. The van der Waals surface area contributed by atoms with Crippen LogP contribution in [0.1, 0.15) is 31.7 Å². The van der Waals surface area contributed by atoms with E-state index < -0.39 is 27.8 Å². The normalized spacial score (nSPS) is 19.1. The van der Waals surface area contributed by atoms with Crippen LogP contribution in [0.3, 0.4) is 0 Å². The number of rotatable bonds is 7. The Morgan fingerprint density at radius 3 is 2.73 bits per heavy atom. The Morgan fingerprint density at radius 2 is 2.00 bits per heavy atom. The molecule has 2 heterocycles. The van der Waals surface area contributed by atoms with Crippen LogP contribution in [0, 0.1) is 5.82 Å². The monoisotopic (exact) mass is 474 g/mol. The number of benzene rings is 2. The van der Waals surface area contributed by atoms with E-state index in [0.29, 0.717) is 49.7 Å². The molecule has 1 fully saturated rings. The molecule has 0 bridgehead atoms. The largest absolute Gasteiger partial charge is 0.378 e. The van der Waals surface area contributed by atoms with Gasteiger partial charge in [-0.2, -0.15) is 0 Å². The van der Waals surface area contributed by atoms with Crippen LogP contribution >= 0.6 is 0 Å². The molecule has 2 aliphatic heterocycles. The maximum absolute atomic E-state index is 14.7. The highest BCUT2D eigenvalue weighted by Crippen LogP contribution is 2.25. The fourth-order valence-electron chi connectivity index (χ4n) is 3.91. The fraction of sp³-hybridized carbons (Fsp3) is 0.391. The third kappa shape index (κ3) is 5.17. The van der Waals surface area contributed by atoms with Crippen molar-refractivity contribution in [1.82, 2.24) is 4.72 Å². The summed E-state index contributed by atoms with van der Waals surface area (Å²) in [4.78, 5) is 19.5. The molecule has 0 radical (unpaired) electrons. The van der Waals surface area contributed by atoms with Crippen LogP contribution in [-0.4, -0.2) is 52.5 Å². The first-order valence-corrected chi connectivity index (χ1v) is 12.5. The lowest BCUT2D eigenvalue weighted by molar-refractivity contribution is -0.117. The van der Waals surface area contributed by atoms with E-state index in [1.54, 1.807) is 30.3 Å². The van der Waals surface area contributed by atoms with Crippen molar-refractivity contribution in [2.24, 2.45) is 4.99 Å². The molecule has 0 saturated carbocycles. The third-order valence-corrected chi connectivity index (χ3v) is 7.05. The van der Waals surface area contributed by atoms with Crippen molar-refractivity contribution in [3.05, 3.63) is 53.8 Å². The summed E-state index contributed by atoms with van der Waals surface area (Å²) in [6.45, 7) is 4.30. The first-order chi connectivity index (χ1) is 15.9. The van der Waals surface area contributed by atoms with Gasteiger partial charge < -0.3 is 15.0 Å². The number of nitrogens with zero attached hydrogens (tertiary/aromatic N) is 2. The Hall–Kier alpha value is -2.98. The highest BCUT2D eigenvalue weighted by atomic mass is 32.2. The highest BCUT2D eigenvalue weighted by Gasteiger charge is 2.32. The summed E-state index contributed by atoms with van der Waals surface area (Å²) in [6, 6.07) is 10.3. The van der Waals surface area contributed by atoms with E-state index in [-0.39, 0.29) is 10.7 Å². The van der Waals surface area contributed by atoms with Gasteiger partial charge in [-0.25, -0.2) is 12.8 Å². The Balaban J connectivity index is 1.54. The second-order valence-electron chi connectivity index (χ2n) is 7.99. The smallest absolute Gasteiger partial charge is 0.263 e. The molecular weight excluding hydrogens is 447 g/mol. The molecule has 4 rings (SSSR count). The summed E-state index contributed by atoms with van der Waals surface area (Å²) in [5.41, 5.74) is 1.23. The number of amides is 1. The van der Waals surface area contributed by atoms with E-state index in [1.165, 1.54) is 12.1 Å². The standard InChI is InChI=1S/C23H27FN4O4S/c1-2-3-7-19(26-22-17-6-4-5-8-21(17)33(30,31)27-22)23(29)25-16-9-10-20(18(24)15-16)28-11-13-32-14-12-28/h4-6,8-10,15,19H,2-3,7,11-14H2,1H3,(H,25,29)(H,26,27). The molecule has 2 N–H and O–H groups in total. The van der Waals surface area contributed by atoms with Crippen molar-refractivity contribution in [3.63, 3.8) is 0 Å². The second-order valence-corrected chi connectivity index (χ2v) is 9.64. The predicted octanol–water partition coefficient (Wildman–Crippen LogP) is 2.90. The van der Waals surface area contributed by atoms with E-state index >= 15 is 0 Å². The zero-order valence-corrected chi connectivity index (χ0v) is 19.2. The number of morpholine rings is 1. The van der Waals surface area contributed by atoms with Crippen molar-refractivity contribution in [2.45, 2.75) is 37.1 Å². The van der Waals surface area contributed by atoms with Gasteiger partial charge in [-0.1, -0.05) is 31.9 Å². The van der Waals surface area contributed by atoms with Gasteiger partial charge in [0, 0.05) is 24.3 Å². The molecule has 2 aromatic rings. The molecule has 8 nitrogen and oxygen atoms in total. The number of ether oxygens (including phenoxy) is 1. The number of sulfonamides is 1. The zero-order chi connectivity index (χ0) is 23.4. The minimum Gasteiger partial charge on any atom is -0.378 e. The van der Waals surface area contributed by atoms with Gasteiger partial charge in [0.2, 0.25) is 5.91 Å². The molecule has 1 amide bonds. The number of unbranched alkanes of at least 4 members (excludes halogenated alkanes) is 1. The van der Waals surface area contributed by atoms with E-state index in [2.05, 4.69) is 15.0 Å². The van der Waals surface area contributed by atoms with E-state index in [1.807, 2.05) is 11.8 Å². The summed E-state index contributed by atoms with van der Waals surface area (Å²) in [5.74, 6) is -0.697. The lowest BCUT2D eigenvalue weighted by Crippen LogP contribution is -2.36. The average Bonchev–Trinajstić information content (AvgIpc) is 3.07. The fourth-order valence-corrected chi connectivity index (χ4v) is 5.15. The number of hydrogen-bond acceptors (Lipinski definition) is 6. The molecule has 10 heteroatoms. The number of anilines is 2. The molecule has 2 aliphatic rings. The number of halogens is 1. The number of aliphatic imine (C=N–C) groups is 1. The van der Waals surface area contributed by atoms with Gasteiger partial charge in [-0.15, -0.1) is 0 Å². The average molecular weight is 475 g/mol. The first-order valence-electron chi connectivity index (χ1n) is 11.0. The van der Waals surface area contributed by atoms with Gasteiger partial charge in [0.1, 0.15) is 17.7 Å². The first kappa shape index (κ1) is 23.2. The van der Waals surface area contributed by atoms with Gasteiger partial charge in [0.05, 0.1) is 23.8 Å². The molecule has 176 valence electrons. The van der Waals surface area contributed by atoms with Crippen LogP contribution in [-0.2, 0) is 19.6 Å². The molecule has 1 atom stereocenters. The van der Waals surface area contributed by atoms with E-state index in [0.717, 1.165) is 12.8 Å². The van der Waals surface area contributed by atoms with Crippen LogP contribution in [0.2, 0.25) is 0 Å². The van der Waals surface area contributed by atoms with Gasteiger partial charge in [-0.05, 0) is 36.8 Å². The van der Waals surface area contributed by atoms with Crippen LogP contribution in [0.15, 0.2) is 52.4 Å². The molecule has 0 spiro atoms. The molecule has 1 saturated heterocycles. The van der Waals surface area contributed by atoms with Crippen molar-refractivity contribution < 1.29 is 22.3 Å². The predicted molar refractivity (Wildman–Crippen MR) is 125 cm³/mol. The van der Waals surface area contributed by atoms with Crippen molar-refractivity contribution in [1.29, 1.82) is 0 Å². The van der Waals surface area contributed by atoms with Crippen LogP contribution in [0.5, 0.6) is 0 Å². The van der Waals surface area contributed by atoms with Crippen molar-refractivity contribution in [3.8, 4) is 0 Å². The summed E-state index contributed by atoms with van der Waals surface area (Å²) in [5, 5.41) is 2.73. The topological polar surface area (TPSA) is 100 Å². The lowest BCUT2D eigenvalue weighted by Gasteiger charge is -2.29. The second kappa shape index (κ2) is 9.88. The summed E-state index contributed by atoms with van der Waals surface area (Å²) < 4.78 is 47.2. The van der Waals surface area contributed by atoms with Gasteiger partial charge >= 0.3 is 0 Å². The molecule has 0 aliphatic carbocycles. The summed E-state index contributed by atoms with van der Waals surface area (Å²) in [6.07, 6.45) is 2.01. The maximum atomic E-state index is 14.7. The number of fused-ring (bicyclic) bond motifs is 1. The van der Waals surface area contributed by atoms with Gasteiger partial charge in [0.15, 0.2) is 0 Å². The lowest BCUT2D eigenvalue weighted by atomic mass is 10.1.